The van der Waals surface area contributed by atoms with Crippen LogP contribution in [-0.2, 0) is 10.2 Å². The number of rotatable bonds is 5. The molecule has 1 atom stereocenters. The Morgan fingerprint density at radius 3 is 2.64 bits per heavy atom. The summed E-state index contributed by atoms with van der Waals surface area (Å²) in [5.74, 6) is 0.720. The van der Waals surface area contributed by atoms with E-state index in [1.54, 1.807) is 0 Å². The van der Waals surface area contributed by atoms with E-state index in [1.807, 2.05) is 13.0 Å². The Morgan fingerprint density at radius 1 is 1.27 bits per heavy atom. The zero-order valence-electron chi connectivity index (χ0n) is 12.6. The fourth-order valence-corrected chi connectivity index (χ4v) is 4.02. The van der Waals surface area contributed by atoms with E-state index in [1.165, 1.54) is 29.7 Å². The quantitative estimate of drug-likeness (QED) is 0.917. The van der Waals surface area contributed by atoms with E-state index in [0.29, 0.717) is 11.0 Å². The average molecular weight is 313 g/mol. The first kappa shape index (κ1) is 13.9. The maximum atomic E-state index is 12.2. The summed E-state index contributed by atoms with van der Waals surface area (Å²) in [6, 6.07) is 10.5. The van der Waals surface area contributed by atoms with Crippen LogP contribution in [-0.4, -0.2) is 16.1 Å². The third-order valence-electron chi connectivity index (χ3n) is 4.88. The summed E-state index contributed by atoms with van der Waals surface area (Å²) in [6.45, 7) is 2.00. The molecule has 2 saturated carbocycles. The maximum Gasteiger partial charge on any atom is 0.229 e. The van der Waals surface area contributed by atoms with E-state index in [0.717, 1.165) is 17.8 Å². The fourth-order valence-electron chi connectivity index (χ4n) is 3.00. The molecular formula is C17H19N3OS. The van der Waals surface area contributed by atoms with Gasteiger partial charge in [0, 0.05) is 11.3 Å². The van der Waals surface area contributed by atoms with Gasteiger partial charge >= 0.3 is 0 Å². The second-order valence-corrected chi connectivity index (χ2v) is 7.45. The smallest absolute Gasteiger partial charge is 0.229 e. The van der Waals surface area contributed by atoms with Gasteiger partial charge in [0.25, 0.3) is 0 Å². The zero-order valence-corrected chi connectivity index (χ0v) is 13.4. The van der Waals surface area contributed by atoms with Crippen LogP contribution in [0.3, 0.4) is 0 Å². The largest absolute Gasteiger partial charge is 0.300 e. The number of amides is 1. The van der Waals surface area contributed by atoms with E-state index < -0.39 is 0 Å². The van der Waals surface area contributed by atoms with Crippen molar-refractivity contribution in [3.05, 3.63) is 40.9 Å². The second kappa shape index (κ2) is 5.16. The van der Waals surface area contributed by atoms with Gasteiger partial charge in [-0.15, -0.1) is 10.2 Å². The number of nitrogens with zero attached hydrogens (tertiary/aromatic N) is 2. The minimum atomic E-state index is 0.0318. The third kappa shape index (κ3) is 2.43. The van der Waals surface area contributed by atoms with Gasteiger partial charge in [0.15, 0.2) is 0 Å². The molecule has 1 heterocycles. The van der Waals surface area contributed by atoms with Gasteiger partial charge < -0.3 is 5.32 Å². The number of anilines is 1. The number of hydrogen-bond donors (Lipinski definition) is 1. The van der Waals surface area contributed by atoms with Crippen molar-refractivity contribution in [2.75, 3.05) is 5.32 Å². The van der Waals surface area contributed by atoms with Crippen molar-refractivity contribution in [2.24, 2.45) is 11.8 Å². The van der Waals surface area contributed by atoms with Crippen LogP contribution in [0.5, 0.6) is 0 Å². The lowest BCUT2D eigenvalue weighted by molar-refractivity contribution is -0.119. The molecule has 0 spiro atoms. The summed E-state index contributed by atoms with van der Waals surface area (Å²) >= 11 is 1.52. The molecule has 0 aliphatic heterocycles. The van der Waals surface area contributed by atoms with Gasteiger partial charge in [-0.25, -0.2) is 0 Å². The molecule has 2 aliphatic carbocycles. The highest BCUT2D eigenvalue weighted by atomic mass is 32.1. The Morgan fingerprint density at radius 2 is 2.00 bits per heavy atom. The van der Waals surface area contributed by atoms with Crippen LogP contribution in [0.15, 0.2) is 30.3 Å². The molecule has 1 aromatic heterocycles. The number of aromatic nitrogens is 2. The normalized spacial score (nSPS) is 20.4. The summed E-state index contributed by atoms with van der Waals surface area (Å²) in [4.78, 5) is 12.2. The molecule has 4 rings (SSSR count). The first-order valence-corrected chi connectivity index (χ1v) is 8.71. The summed E-state index contributed by atoms with van der Waals surface area (Å²) in [5, 5.41) is 13.1. The highest BCUT2D eigenvalue weighted by Crippen LogP contribution is 2.54. The van der Waals surface area contributed by atoms with E-state index >= 15 is 0 Å². The van der Waals surface area contributed by atoms with Gasteiger partial charge in [0.05, 0.1) is 0 Å². The molecule has 22 heavy (non-hydrogen) atoms. The van der Waals surface area contributed by atoms with Crippen LogP contribution in [0.25, 0.3) is 0 Å². The predicted molar refractivity (Wildman–Crippen MR) is 86.9 cm³/mol. The number of carbonyl (C=O) groups is 1. The topological polar surface area (TPSA) is 54.9 Å². The van der Waals surface area contributed by atoms with Crippen molar-refractivity contribution in [3.8, 4) is 0 Å². The molecule has 2 fully saturated rings. The number of nitrogens with one attached hydrogen (secondary N) is 1. The van der Waals surface area contributed by atoms with Crippen LogP contribution >= 0.6 is 11.3 Å². The Bertz CT molecular complexity index is 689. The van der Waals surface area contributed by atoms with Gasteiger partial charge in [0.2, 0.25) is 11.0 Å². The summed E-state index contributed by atoms with van der Waals surface area (Å²) in [7, 11) is 0. The van der Waals surface area contributed by atoms with Gasteiger partial charge in [0.1, 0.15) is 5.01 Å². The maximum absolute atomic E-state index is 12.2. The minimum Gasteiger partial charge on any atom is -0.300 e. The first-order chi connectivity index (χ1) is 10.7. The predicted octanol–water partition coefficient (Wildman–Crippen LogP) is 3.60. The molecular weight excluding hydrogens is 294 g/mol. The van der Waals surface area contributed by atoms with Crippen LogP contribution in [0, 0.1) is 11.8 Å². The van der Waals surface area contributed by atoms with Gasteiger partial charge in [-0.3, -0.25) is 4.79 Å². The van der Waals surface area contributed by atoms with Gasteiger partial charge in [-0.05, 0) is 37.2 Å². The van der Waals surface area contributed by atoms with Crippen LogP contribution in [0.2, 0.25) is 0 Å². The second-order valence-electron chi connectivity index (χ2n) is 6.48. The Labute approximate surface area is 134 Å². The Balaban J connectivity index is 1.51. The van der Waals surface area contributed by atoms with E-state index in [2.05, 4.69) is 39.8 Å². The molecule has 1 amide bonds. The van der Waals surface area contributed by atoms with Crippen molar-refractivity contribution in [1.29, 1.82) is 0 Å². The molecule has 4 nitrogen and oxygen atoms in total. The van der Waals surface area contributed by atoms with Crippen molar-refractivity contribution in [2.45, 2.75) is 38.0 Å². The lowest BCUT2D eigenvalue weighted by Crippen LogP contribution is -2.21. The molecule has 2 aliphatic rings. The monoisotopic (exact) mass is 313 g/mol. The Hall–Kier alpha value is -1.75. The highest BCUT2D eigenvalue weighted by Gasteiger charge is 2.49. The van der Waals surface area contributed by atoms with E-state index in [9.17, 15) is 4.79 Å². The molecule has 1 aromatic carbocycles. The van der Waals surface area contributed by atoms with Crippen LogP contribution in [0.4, 0.5) is 5.13 Å². The van der Waals surface area contributed by atoms with Crippen molar-refractivity contribution in [1.82, 2.24) is 10.2 Å². The standard InChI is InChI=1S/C17H19N3OS/c1-11(12-7-8-12)14(21)18-16-20-19-15(22-16)17(9-10-17)13-5-3-2-4-6-13/h2-6,11-12H,7-10H2,1H3,(H,18,20,21)/t11-/m0/s1. The van der Waals surface area contributed by atoms with Gasteiger partial charge in [-0.1, -0.05) is 48.6 Å². The van der Waals surface area contributed by atoms with Crippen LogP contribution in [0.1, 0.15) is 43.2 Å². The number of hydrogen-bond acceptors (Lipinski definition) is 4. The minimum absolute atomic E-state index is 0.0318. The lowest BCUT2D eigenvalue weighted by Gasteiger charge is -2.11. The van der Waals surface area contributed by atoms with Crippen LogP contribution < -0.4 is 5.32 Å². The lowest BCUT2D eigenvalue weighted by atomic mass is 9.97. The molecule has 0 bridgehead atoms. The summed E-state index contributed by atoms with van der Waals surface area (Å²) < 4.78 is 0. The molecule has 0 unspecified atom stereocenters. The zero-order chi connectivity index (χ0) is 15.2. The van der Waals surface area contributed by atoms with E-state index in [4.69, 9.17) is 0 Å². The first-order valence-electron chi connectivity index (χ1n) is 7.89. The molecule has 0 saturated heterocycles. The molecule has 0 radical (unpaired) electrons. The summed E-state index contributed by atoms with van der Waals surface area (Å²) in [5.41, 5.74) is 1.33. The molecule has 2 aromatic rings. The number of carbonyl (C=O) groups excluding carboxylic acids is 1. The van der Waals surface area contributed by atoms with Crippen molar-refractivity contribution >= 4 is 22.4 Å². The highest BCUT2D eigenvalue weighted by molar-refractivity contribution is 7.15. The molecule has 114 valence electrons. The fraction of sp³-hybridized carbons (Fsp3) is 0.471. The third-order valence-corrected chi connectivity index (χ3v) is 5.93. The Kier molecular flexibility index (Phi) is 3.26. The summed E-state index contributed by atoms with van der Waals surface area (Å²) in [6.07, 6.45) is 4.57. The van der Waals surface area contributed by atoms with Gasteiger partial charge in [-0.2, -0.15) is 0 Å². The number of benzene rings is 1. The SMILES string of the molecule is C[C@H](C(=O)Nc1nnc(C2(c3ccccc3)CC2)s1)C1CC1. The molecule has 5 heteroatoms. The molecule has 1 N–H and O–H groups in total. The van der Waals surface area contributed by atoms with Crippen molar-refractivity contribution in [3.63, 3.8) is 0 Å². The van der Waals surface area contributed by atoms with E-state index in [-0.39, 0.29) is 17.2 Å². The van der Waals surface area contributed by atoms with Crippen molar-refractivity contribution < 1.29 is 4.79 Å². The average Bonchev–Trinajstić information content (AvgIpc) is 3.47.